The molecule has 11 atom stereocenters. The van der Waals surface area contributed by atoms with Crippen molar-refractivity contribution in [2.75, 3.05) is 38.2 Å². The van der Waals surface area contributed by atoms with Gasteiger partial charge in [0.05, 0.1) is 42.0 Å². The zero-order valence-electron chi connectivity index (χ0n) is 32.9. The number of aliphatic hydroxyl groups excluding tert-OH is 1. The van der Waals surface area contributed by atoms with Gasteiger partial charge in [0.1, 0.15) is 12.2 Å². The Labute approximate surface area is 312 Å². The smallest absolute Gasteiger partial charge is 0.309 e. The number of aliphatic hydroxyl groups is 3. The number of cyclic esters (lactones) is 1. The van der Waals surface area contributed by atoms with Crippen LogP contribution in [0.1, 0.15) is 86.1 Å². The van der Waals surface area contributed by atoms with Gasteiger partial charge >= 0.3 is 5.97 Å². The van der Waals surface area contributed by atoms with E-state index in [9.17, 15) is 20.1 Å². The number of rotatable bonds is 13. The lowest BCUT2D eigenvalue weighted by Gasteiger charge is -2.31. The number of methoxy groups -OCH3 is 1. The number of hydrogen-bond acceptors (Lipinski definition) is 10. The fourth-order valence-corrected chi connectivity index (χ4v) is 7.63. The van der Waals surface area contributed by atoms with Crippen molar-refractivity contribution >= 4 is 11.7 Å². The van der Waals surface area contributed by atoms with Crippen LogP contribution in [-0.4, -0.2) is 102 Å². The van der Waals surface area contributed by atoms with E-state index >= 15 is 0 Å². The monoisotopic (exact) mass is 725 g/mol. The molecule has 0 saturated carbocycles. The van der Waals surface area contributed by atoms with Gasteiger partial charge < -0.3 is 45.1 Å². The summed E-state index contributed by atoms with van der Waals surface area (Å²) in [7, 11) is 1.74. The molecule has 0 radical (unpaired) electrons. The lowest BCUT2D eigenvalue weighted by Crippen LogP contribution is -2.52. The van der Waals surface area contributed by atoms with Crippen molar-refractivity contribution in [3.05, 3.63) is 65.8 Å². The molecule has 0 amide bonds. The summed E-state index contributed by atoms with van der Waals surface area (Å²) in [6.07, 6.45) is 10.3. The van der Waals surface area contributed by atoms with E-state index in [1.807, 2.05) is 45.1 Å². The third kappa shape index (κ3) is 11.7. The first-order valence-corrected chi connectivity index (χ1v) is 19.5. The SMILES string of the molecule is CCC(OC)C(C)C1OC1C(NCc1ccc(N2CCCNCC2)cc1)C(C)(O)C=CC=C(C)C1OC(=O)CC(O)CCC(C)(O)C(C)C=CC1C. The molecule has 0 spiro atoms. The minimum Gasteiger partial charge on any atom is -0.457 e. The molecule has 4 rings (SSSR count). The van der Waals surface area contributed by atoms with Crippen molar-refractivity contribution in [1.82, 2.24) is 10.6 Å². The van der Waals surface area contributed by atoms with Crippen LogP contribution in [0.15, 0.2) is 60.2 Å². The molecule has 3 heterocycles. The molecular formula is C42H67N3O7. The molecule has 3 aliphatic rings. The number of ether oxygens (including phenoxy) is 3. The second kappa shape index (κ2) is 19.1. The van der Waals surface area contributed by atoms with E-state index < -0.39 is 35.4 Å². The van der Waals surface area contributed by atoms with E-state index in [1.54, 1.807) is 27.0 Å². The van der Waals surface area contributed by atoms with Gasteiger partial charge in [-0.1, -0.05) is 70.2 Å². The molecule has 1 aromatic carbocycles. The summed E-state index contributed by atoms with van der Waals surface area (Å²) < 4.78 is 18.0. The van der Waals surface area contributed by atoms with Crippen molar-refractivity contribution in [1.29, 1.82) is 0 Å². The van der Waals surface area contributed by atoms with E-state index in [2.05, 4.69) is 53.6 Å². The second-order valence-electron chi connectivity index (χ2n) is 15.9. The minimum absolute atomic E-state index is 0.0552. The Balaban J connectivity index is 1.52. The van der Waals surface area contributed by atoms with Crippen LogP contribution in [0, 0.1) is 17.8 Å². The average molecular weight is 726 g/mol. The fourth-order valence-electron chi connectivity index (χ4n) is 7.63. The van der Waals surface area contributed by atoms with Crippen LogP contribution in [0.25, 0.3) is 0 Å². The maximum Gasteiger partial charge on any atom is 0.309 e. The van der Waals surface area contributed by atoms with Crippen LogP contribution in [0.4, 0.5) is 5.69 Å². The number of allylic oxidation sites excluding steroid dienone is 2. The van der Waals surface area contributed by atoms with Gasteiger partial charge in [-0.2, -0.15) is 0 Å². The maximum atomic E-state index is 12.9. The summed E-state index contributed by atoms with van der Waals surface area (Å²) in [6, 6.07) is 8.26. The molecular weight excluding hydrogens is 658 g/mol. The van der Waals surface area contributed by atoms with Crippen molar-refractivity contribution in [3.63, 3.8) is 0 Å². The van der Waals surface area contributed by atoms with Crippen LogP contribution in [0.3, 0.4) is 0 Å². The van der Waals surface area contributed by atoms with Gasteiger partial charge in [0.2, 0.25) is 0 Å². The Kier molecular flexibility index (Phi) is 15.5. The lowest BCUT2D eigenvalue weighted by atomic mass is 9.83. The topological polar surface area (TPSA) is 136 Å². The standard InChI is InChI=1S/C42H67N3O7/c1-9-35(50-8)31(5)38-39(52-38)40(44-27-32-15-17-33(18-16-32)45-24-11-22-43-23-25-45)42(7,49)20-10-12-28(2)37-29(3)13-14-30(4)41(6,48)21-19-34(46)26-36(47)51-37/h10,12-18,20,29-31,34-35,37-40,43-44,46,48-49H,9,11,19,21-27H2,1-8H3. The first-order valence-electron chi connectivity index (χ1n) is 19.5. The molecule has 2 saturated heterocycles. The quantitative estimate of drug-likeness (QED) is 0.0813. The largest absolute Gasteiger partial charge is 0.457 e. The van der Waals surface area contributed by atoms with E-state index in [-0.39, 0.29) is 42.5 Å². The summed E-state index contributed by atoms with van der Waals surface area (Å²) >= 11 is 0. The third-order valence-corrected chi connectivity index (χ3v) is 11.5. The number of benzene rings is 1. The van der Waals surface area contributed by atoms with E-state index in [0.29, 0.717) is 19.4 Å². The Hall–Kier alpha value is -2.57. The molecule has 52 heavy (non-hydrogen) atoms. The van der Waals surface area contributed by atoms with Gasteiger partial charge in [-0.25, -0.2) is 0 Å². The number of anilines is 1. The highest BCUT2D eigenvalue weighted by molar-refractivity contribution is 5.70. The summed E-state index contributed by atoms with van der Waals surface area (Å²) in [5.74, 6) is -0.661. The van der Waals surface area contributed by atoms with Crippen LogP contribution >= 0.6 is 0 Å². The number of nitrogens with one attached hydrogen (secondary N) is 2. The van der Waals surface area contributed by atoms with Gasteiger partial charge in [-0.3, -0.25) is 4.79 Å². The maximum absolute atomic E-state index is 12.9. The predicted molar refractivity (Wildman–Crippen MR) is 207 cm³/mol. The van der Waals surface area contributed by atoms with E-state index in [0.717, 1.165) is 50.2 Å². The Bertz CT molecular complexity index is 1350. The normalized spacial score (nSPS) is 32.6. The Morgan fingerprint density at radius 3 is 2.62 bits per heavy atom. The number of hydrogen-bond donors (Lipinski definition) is 5. The highest BCUT2D eigenvalue weighted by Crippen LogP contribution is 2.39. The molecule has 11 unspecified atom stereocenters. The zero-order valence-corrected chi connectivity index (χ0v) is 32.9. The highest BCUT2D eigenvalue weighted by atomic mass is 16.6. The van der Waals surface area contributed by atoms with Crippen LogP contribution in [0.2, 0.25) is 0 Å². The molecule has 292 valence electrons. The van der Waals surface area contributed by atoms with Gasteiger partial charge in [-0.05, 0) is 76.3 Å². The van der Waals surface area contributed by atoms with Gasteiger partial charge in [-0.15, -0.1) is 0 Å². The lowest BCUT2D eigenvalue weighted by molar-refractivity contribution is -0.151. The highest BCUT2D eigenvalue weighted by Gasteiger charge is 2.54. The van der Waals surface area contributed by atoms with Crippen LogP contribution in [0.5, 0.6) is 0 Å². The molecule has 0 aromatic heterocycles. The van der Waals surface area contributed by atoms with E-state index in [4.69, 9.17) is 14.2 Å². The fraction of sp³-hybridized carbons (Fsp3) is 0.690. The predicted octanol–water partition coefficient (Wildman–Crippen LogP) is 5.06. The molecule has 5 N–H and O–H groups in total. The van der Waals surface area contributed by atoms with Crippen molar-refractivity contribution in [3.8, 4) is 0 Å². The molecule has 10 nitrogen and oxygen atoms in total. The zero-order chi connectivity index (χ0) is 38.1. The van der Waals surface area contributed by atoms with Crippen LogP contribution in [-0.2, 0) is 25.5 Å². The molecule has 10 heteroatoms. The van der Waals surface area contributed by atoms with Crippen molar-refractivity contribution in [2.45, 2.75) is 135 Å². The summed E-state index contributed by atoms with van der Waals surface area (Å²) in [5, 5.41) is 40.6. The number of epoxide rings is 1. The van der Waals surface area contributed by atoms with Crippen molar-refractivity contribution < 1.29 is 34.3 Å². The number of carbonyl (C=O) groups excluding carboxylic acids is 1. The number of carbonyl (C=O) groups is 1. The molecule has 0 aliphatic carbocycles. The van der Waals surface area contributed by atoms with Gasteiger partial charge in [0, 0.05) is 56.7 Å². The average Bonchev–Trinajstić information content (AvgIpc) is 3.93. The van der Waals surface area contributed by atoms with Gasteiger partial charge in [0.25, 0.3) is 0 Å². The first-order chi connectivity index (χ1) is 24.7. The Morgan fingerprint density at radius 2 is 1.92 bits per heavy atom. The van der Waals surface area contributed by atoms with Gasteiger partial charge in [0.15, 0.2) is 0 Å². The minimum atomic E-state index is -1.29. The summed E-state index contributed by atoms with van der Waals surface area (Å²) in [5.41, 5.74) is 0.854. The first kappa shape index (κ1) is 42.2. The van der Waals surface area contributed by atoms with Crippen LogP contribution < -0.4 is 15.5 Å². The molecule has 1 aromatic rings. The molecule has 2 fully saturated rings. The van der Waals surface area contributed by atoms with E-state index in [1.165, 1.54) is 5.69 Å². The summed E-state index contributed by atoms with van der Waals surface area (Å²) in [4.78, 5) is 15.3. The molecule has 3 aliphatic heterocycles. The third-order valence-electron chi connectivity index (χ3n) is 11.5. The Morgan fingerprint density at radius 1 is 1.19 bits per heavy atom. The van der Waals surface area contributed by atoms with Crippen molar-refractivity contribution in [2.24, 2.45) is 17.8 Å². The number of nitrogens with zero attached hydrogens (tertiary/aromatic N) is 1. The summed E-state index contributed by atoms with van der Waals surface area (Å²) in [6.45, 7) is 18.3. The number of esters is 1. The molecule has 0 bridgehead atoms. The second-order valence-corrected chi connectivity index (χ2v) is 15.9.